The molecule has 7 heteroatoms. The first-order valence-corrected chi connectivity index (χ1v) is 9.14. The lowest BCUT2D eigenvalue weighted by molar-refractivity contribution is 0.0776. The minimum atomic E-state index is -0.185. The minimum Gasteiger partial charge on any atom is -0.486 e. The van der Waals surface area contributed by atoms with Crippen LogP contribution in [-0.2, 0) is 17.9 Å². The fraction of sp³-hybridized carbons (Fsp3) is 0.350. The number of pyridine rings is 1. The first kappa shape index (κ1) is 17.6. The second-order valence-corrected chi connectivity index (χ2v) is 6.61. The maximum atomic E-state index is 12.1. The fourth-order valence-electron chi connectivity index (χ4n) is 3.17. The summed E-state index contributed by atoms with van der Waals surface area (Å²) in [5, 5.41) is 4.09. The first-order chi connectivity index (χ1) is 13.3. The van der Waals surface area contributed by atoms with Crippen molar-refractivity contribution < 1.29 is 9.47 Å². The molecule has 2 N–H and O–H groups in total. The van der Waals surface area contributed by atoms with Crippen molar-refractivity contribution >= 4 is 10.9 Å². The van der Waals surface area contributed by atoms with E-state index in [1.165, 1.54) is 0 Å². The molecule has 0 aliphatic carbocycles. The van der Waals surface area contributed by atoms with E-state index in [4.69, 9.17) is 9.47 Å². The van der Waals surface area contributed by atoms with Crippen LogP contribution >= 0.6 is 0 Å². The summed E-state index contributed by atoms with van der Waals surface area (Å²) in [5.74, 6) is 1.22. The number of benzene rings is 1. The fourth-order valence-corrected chi connectivity index (χ4v) is 3.17. The Labute approximate surface area is 156 Å². The van der Waals surface area contributed by atoms with Crippen molar-refractivity contribution in [3.05, 3.63) is 64.5 Å². The molecule has 0 radical (unpaired) electrons. The maximum Gasteiger partial charge on any atom is 0.258 e. The van der Waals surface area contributed by atoms with Crippen molar-refractivity contribution in [1.82, 2.24) is 20.3 Å². The normalized spacial score (nSPS) is 15.1. The lowest BCUT2D eigenvalue weighted by Gasteiger charge is -2.23. The molecule has 2 aromatic heterocycles. The molecule has 1 fully saturated rings. The van der Waals surface area contributed by atoms with Crippen LogP contribution in [0, 0.1) is 0 Å². The van der Waals surface area contributed by atoms with E-state index < -0.39 is 0 Å². The molecule has 3 heterocycles. The Morgan fingerprint density at radius 3 is 3.04 bits per heavy atom. The Hall–Kier alpha value is -2.77. The highest BCUT2D eigenvalue weighted by atomic mass is 16.5. The van der Waals surface area contributed by atoms with E-state index in [0.717, 1.165) is 43.9 Å². The number of aromatic amines is 1. The third-order valence-corrected chi connectivity index (χ3v) is 4.65. The van der Waals surface area contributed by atoms with E-state index in [1.807, 2.05) is 18.2 Å². The maximum absolute atomic E-state index is 12.1. The predicted octanol–water partition coefficient (Wildman–Crippen LogP) is 2.17. The number of nitrogens with zero attached hydrogens (tertiary/aromatic N) is 2. The van der Waals surface area contributed by atoms with Crippen LogP contribution in [0.15, 0.2) is 47.5 Å². The predicted molar refractivity (Wildman–Crippen MR) is 102 cm³/mol. The van der Waals surface area contributed by atoms with Crippen LogP contribution in [0.25, 0.3) is 10.9 Å². The Bertz CT molecular complexity index is 967. The van der Waals surface area contributed by atoms with Gasteiger partial charge in [-0.1, -0.05) is 12.1 Å². The smallest absolute Gasteiger partial charge is 0.258 e. The zero-order valence-electron chi connectivity index (χ0n) is 15.0. The summed E-state index contributed by atoms with van der Waals surface area (Å²) in [5.41, 5.74) is 1.54. The van der Waals surface area contributed by atoms with Crippen molar-refractivity contribution in [1.29, 1.82) is 0 Å². The molecule has 1 aliphatic rings. The molecule has 0 atom stereocenters. The van der Waals surface area contributed by atoms with Crippen LogP contribution in [0.4, 0.5) is 0 Å². The summed E-state index contributed by atoms with van der Waals surface area (Å²) in [4.78, 5) is 23.3. The average Bonchev–Trinajstić information content (AvgIpc) is 2.72. The molecule has 140 valence electrons. The topological polar surface area (TPSA) is 89.1 Å². The summed E-state index contributed by atoms with van der Waals surface area (Å²) in [7, 11) is 0. The summed E-state index contributed by atoms with van der Waals surface area (Å²) < 4.78 is 11.2. The highest BCUT2D eigenvalue weighted by Gasteiger charge is 2.12. The van der Waals surface area contributed by atoms with Crippen LogP contribution in [0.1, 0.15) is 24.2 Å². The summed E-state index contributed by atoms with van der Waals surface area (Å²) in [6.07, 6.45) is 5.25. The zero-order chi connectivity index (χ0) is 18.5. The molecular formula is C20H22N4O3. The second-order valence-electron chi connectivity index (χ2n) is 6.61. The average molecular weight is 366 g/mol. The van der Waals surface area contributed by atoms with Gasteiger partial charge in [-0.2, -0.15) is 0 Å². The lowest BCUT2D eigenvalue weighted by atomic mass is 10.1. The molecule has 1 aliphatic heterocycles. The number of fused-ring (bicyclic) bond motifs is 1. The molecule has 4 rings (SSSR count). The van der Waals surface area contributed by atoms with Crippen LogP contribution in [0.2, 0.25) is 0 Å². The van der Waals surface area contributed by atoms with Gasteiger partial charge in [-0.15, -0.1) is 0 Å². The van der Waals surface area contributed by atoms with Crippen LogP contribution in [0.5, 0.6) is 5.75 Å². The van der Waals surface area contributed by atoms with Crippen LogP contribution < -0.4 is 15.6 Å². The van der Waals surface area contributed by atoms with E-state index in [1.54, 1.807) is 18.5 Å². The van der Waals surface area contributed by atoms with Crippen molar-refractivity contribution in [3.8, 4) is 5.75 Å². The molecule has 0 unspecified atom stereocenters. The van der Waals surface area contributed by atoms with Gasteiger partial charge in [0.15, 0.2) is 0 Å². The zero-order valence-corrected chi connectivity index (χ0v) is 15.0. The highest BCUT2D eigenvalue weighted by Crippen LogP contribution is 2.16. The standard InChI is InChI=1S/C20H22N4O3/c25-20-17-4-7-21-12-18(17)23-19(24-20)13-27-16-3-1-2-14(10-16)11-22-15-5-8-26-9-6-15/h1-4,7,10,12,15,22H,5-6,8-9,11,13H2,(H,23,24,25). The Morgan fingerprint density at radius 1 is 1.26 bits per heavy atom. The number of hydrogen-bond acceptors (Lipinski definition) is 6. The first-order valence-electron chi connectivity index (χ1n) is 9.14. The molecule has 1 saturated heterocycles. The monoisotopic (exact) mass is 366 g/mol. The third-order valence-electron chi connectivity index (χ3n) is 4.65. The summed E-state index contributed by atoms with van der Waals surface area (Å²) in [6, 6.07) is 10.1. The molecule has 0 amide bonds. The lowest BCUT2D eigenvalue weighted by Crippen LogP contribution is -2.34. The largest absolute Gasteiger partial charge is 0.486 e. The molecular weight excluding hydrogens is 344 g/mol. The van der Waals surface area contributed by atoms with Crippen molar-refractivity contribution in [3.63, 3.8) is 0 Å². The molecule has 7 nitrogen and oxygen atoms in total. The van der Waals surface area contributed by atoms with Crippen molar-refractivity contribution in [2.24, 2.45) is 0 Å². The van der Waals surface area contributed by atoms with E-state index >= 15 is 0 Å². The van der Waals surface area contributed by atoms with Gasteiger partial charge in [0.25, 0.3) is 5.56 Å². The summed E-state index contributed by atoms with van der Waals surface area (Å²) >= 11 is 0. The molecule has 0 saturated carbocycles. The quantitative estimate of drug-likeness (QED) is 0.695. The number of nitrogens with one attached hydrogen (secondary N) is 2. The van der Waals surface area contributed by atoms with Gasteiger partial charge in [-0.3, -0.25) is 9.78 Å². The van der Waals surface area contributed by atoms with Crippen LogP contribution in [-0.4, -0.2) is 34.2 Å². The van der Waals surface area contributed by atoms with E-state index in [0.29, 0.717) is 22.8 Å². The SMILES string of the molecule is O=c1[nH]c(COc2cccc(CNC3CCOCC3)c2)nc2cnccc12. The van der Waals surface area contributed by atoms with E-state index in [-0.39, 0.29) is 12.2 Å². The molecule has 1 aromatic carbocycles. The number of aromatic nitrogens is 3. The number of rotatable bonds is 6. The van der Waals surface area contributed by atoms with Gasteiger partial charge in [0.1, 0.15) is 18.2 Å². The Morgan fingerprint density at radius 2 is 2.15 bits per heavy atom. The minimum absolute atomic E-state index is 0.185. The van der Waals surface area contributed by atoms with Gasteiger partial charge in [0.2, 0.25) is 0 Å². The van der Waals surface area contributed by atoms with Gasteiger partial charge < -0.3 is 19.8 Å². The van der Waals surface area contributed by atoms with Gasteiger partial charge in [0, 0.05) is 32.0 Å². The van der Waals surface area contributed by atoms with Crippen molar-refractivity contribution in [2.75, 3.05) is 13.2 Å². The molecule has 0 spiro atoms. The van der Waals surface area contributed by atoms with E-state index in [2.05, 4.69) is 26.3 Å². The number of hydrogen-bond donors (Lipinski definition) is 2. The highest BCUT2D eigenvalue weighted by molar-refractivity contribution is 5.75. The van der Waals surface area contributed by atoms with Gasteiger partial charge in [-0.25, -0.2) is 4.98 Å². The molecule has 27 heavy (non-hydrogen) atoms. The second kappa shape index (κ2) is 8.28. The van der Waals surface area contributed by atoms with E-state index in [9.17, 15) is 4.79 Å². The number of ether oxygens (including phenoxy) is 2. The third kappa shape index (κ3) is 4.50. The Balaban J connectivity index is 1.39. The Kier molecular flexibility index (Phi) is 5.41. The van der Waals surface area contributed by atoms with Gasteiger partial charge in [-0.05, 0) is 36.6 Å². The number of H-pyrrole nitrogens is 1. The van der Waals surface area contributed by atoms with Gasteiger partial charge in [0.05, 0.1) is 17.1 Å². The van der Waals surface area contributed by atoms with Gasteiger partial charge >= 0.3 is 0 Å². The van der Waals surface area contributed by atoms with Crippen molar-refractivity contribution in [2.45, 2.75) is 32.0 Å². The molecule has 0 bridgehead atoms. The van der Waals surface area contributed by atoms with Crippen LogP contribution in [0.3, 0.4) is 0 Å². The summed E-state index contributed by atoms with van der Waals surface area (Å²) in [6.45, 7) is 2.64. The molecule has 3 aromatic rings.